The lowest BCUT2D eigenvalue weighted by Crippen LogP contribution is -2.34. The first-order chi connectivity index (χ1) is 11.4. The molecule has 2 heterocycles. The quantitative estimate of drug-likeness (QED) is 0.884. The Labute approximate surface area is 136 Å². The van der Waals surface area contributed by atoms with Crippen LogP contribution >= 0.6 is 0 Å². The molecule has 1 saturated heterocycles. The van der Waals surface area contributed by atoms with Crippen molar-refractivity contribution in [2.24, 2.45) is 0 Å². The van der Waals surface area contributed by atoms with Crippen LogP contribution in [0.15, 0.2) is 34.9 Å². The number of hydrogen-bond donors (Lipinski definition) is 1. The number of aromatic nitrogens is 1. The summed E-state index contributed by atoms with van der Waals surface area (Å²) in [5.74, 6) is 0.546. The molecule has 0 unspecified atom stereocenters. The molecule has 128 valence electrons. The molecule has 2 aromatic rings. The average Bonchev–Trinajstić information content (AvgIpc) is 3.15. The van der Waals surface area contributed by atoms with Gasteiger partial charge in [0.1, 0.15) is 0 Å². The van der Waals surface area contributed by atoms with Crippen molar-refractivity contribution < 1.29 is 22.5 Å². The zero-order valence-electron chi connectivity index (χ0n) is 12.9. The van der Waals surface area contributed by atoms with Gasteiger partial charge in [0.2, 0.25) is 0 Å². The van der Waals surface area contributed by atoms with Crippen LogP contribution in [-0.4, -0.2) is 22.6 Å². The van der Waals surface area contributed by atoms with E-state index in [4.69, 9.17) is 4.52 Å². The summed E-state index contributed by atoms with van der Waals surface area (Å²) in [6.07, 6.45) is -3.10. The molecule has 1 aliphatic heterocycles. The van der Waals surface area contributed by atoms with E-state index in [2.05, 4.69) is 10.5 Å². The largest absolute Gasteiger partial charge is 0.418 e. The summed E-state index contributed by atoms with van der Waals surface area (Å²) in [4.78, 5) is 13.9. The molecule has 0 bridgehead atoms. The number of halogens is 3. The zero-order valence-corrected chi connectivity index (χ0v) is 12.9. The Morgan fingerprint density at radius 3 is 2.79 bits per heavy atom. The van der Waals surface area contributed by atoms with E-state index in [1.165, 1.54) is 23.1 Å². The molecule has 8 heteroatoms. The van der Waals surface area contributed by atoms with Crippen LogP contribution < -0.4 is 5.32 Å². The van der Waals surface area contributed by atoms with Gasteiger partial charge >= 0.3 is 12.2 Å². The number of amides is 2. The van der Waals surface area contributed by atoms with Crippen LogP contribution in [0.4, 0.5) is 23.7 Å². The summed E-state index contributed by atoms with van der Waals surface area (Å²) in [7, 11) is 0. The molecule has 1 atom stereocenters. The van der Waals surface area contributed by atoms with Crippen molar-refractivity contribution in [1.29, 1.82) is 0 Å². The van der Waals surface area contributed by atoms with Crippen LogP contribution in [-0.2, 0) is 6.18 Å². The fourth-order valence-electron chi connectivity index (χ4n) is 2.87. The van der Waals surface area contributed by atoms with Crippen LogP contribution in [0.1, 0.15) is 35.9 Å². The molecule has 0 saturated carbocycles. The van der Waals surface area contributed by atoms with E-state index < -0.39 is 17.8 Å². The van der Waals surface area contributed by atoms with Crippen molar-refractivity contribution in [1.82, 2.24) is 10.1 Å². The number of anilines is 1. The van der Waals surface area contributed by atoms with Crippen molar-refractivity contribution in [3.8, 4) is 0 Å². The standard InChI is InChI=1S/C16H16F3N3O2/c1-10-9-14(24-21-10)13-7-4-8-22(13)15(23)20-12-6-3-2-5-11(12)16(17,18)19/h2-3,5-6,9,13H,4,7-8H2,1H3,(H,20,23)/t13-/m0/s1. The van der Waals surface area contributed by atoms with Crippen LogP contribution in [0.2, 0.25) is 0 Å². The number of aryl methyl sites for hydroxylation is 1. The Bertz CT molecular complexity index is 742. The zero-order chi connectivity index (χ0) is 17.3. The number of hydrogen-bond acceptors (Lipinski definition) is 3. The molecule has 0 aliphatic carbocycles. The van der Waals surface area contributed by atoms with Gasteiger partial charge in [-0.05, 0) is 31.9 Å². The molecule has 1 N–H and O–H groups in total. The van der Waals surface area contributed by atoms with Crippen molar-refractivity contribution in [3.63, 3.8) is 0 Å². The van der Waals surface area contributed by atoms with Gasteiger partial charge in [-0.25, -0.2) is 4.79 Å². The Morgan fingerprint density at radius 1 is 1.38 bits per heavy atom. The lowest BCUT2D eigenvalue weighted by atomic mass is 10.1. The Balaban J connectivity index is 1.80. The first-order valence-electron chi connectivity index (χ1n) is 7.53. The van der Waals surface area contributed by atoms with E-state index in [0.717, 1.165) is 12.5 Å². The highest BCUT2D eigenvalue weighted by Gasteiger charge is 2.36. The third kappa shape index (κ3) is 3.22. The maximum Gasteiger partial charge on any atom is 0.418 e. The molecule has 0 radical (unpaired) electrons. The fourth-order valence-corrected chi connectivity index (χ4v) is 2.87. The number of benzene rings is 1. The predicted molar refractivity (Wildman–Crippen MR) is 80.4 cm³/mol. The highest BCUT2D eigenvalue weighted by Crippen LogP contribution is 2.36. The molecule has 0 spiro atoms. The van der Waals surface area contributed by atoms with Gasteiger partial charge in [-0.15, -0.1) is 0 Å². The van der Waals surface area contributed by atoms with E-state index in [-0.39, 0.29) is 11.7 Å². The lowest BCUT2D eigenvalue weighted by molar-refractivity contribution is -0.136. The van der Waals surface area contributed by atoms with Gasteiger partial charge in [0.15, 0.2) is 5.76 Å². The molecule has 24 heavy (non-hydrogen) atoms. The second kappa shape index (κ2) is 6.18. The number of urea groups is 1. The van der Waals surface area contributed by atoms with E-state index in [1.807, 2.05) is 0 Å². The normalized spacial score (nSPS) is 18.0. The van der Waals surface area contributed by atoms with Crippen molar-refractivity contribution in [2.75, 3.05) is 11.9 Å². The van der Waals surface area contributed by atoms with Crippen molar-refractivity contribution in [2.45, 2.75) is 32.0 Å². The highest BCUT2D eigenvalue weighted by molar-refractivity contribution is 5.90. The third-order valence-corrected chi connectivity index (χ3v) is 3.96. The third-order valence-electron chi connectivity index (χ3n) is 3.96. The van der Waals surface area contributed by atoms with E-state index in [9.17, 15) is 18.0 Å². The monoisotopic (exact) mass is 339 g/mol. The van der Waals surface area contributed by atoms with Crippen LogP contribution in [0.25, 0.3) is 0 Å². The van der Waals surface area contributed by atoms with Gasteiger partial charge in [-0.2, -0.15) is 13.2 Å². The summed E-state index contributed by atoms with van der Waals surface area (Å²) < 4.78 is 44.3. The number of rotatable bonds is 2. The van der Waals surface area contributed by atoms with Gasteiger partial charge in [-0.1, -0.05) is 17.3 Å². The van der Waals surface area contributed by atoms with Crippen molar-refractivity contribution in [3.05, 3.63) is 47.3 Å². The van der Waals surface area contributed by atoms with Crippen LogP contribution in [0, 0.1) is 6.92 Å². The average molecular weight is 339 g/mol. The molecule has 3 rings (SSSR count). The minimum Gasteiger partial charge on any atom is -0.359 e. The summed E-state index contributed by atoms with van der Waals surface area (Å²) in [6.45, 7) is 2.22. The summed E-state index contributed by atoms with van der Waals surface area (Å²) in [5, 5.41) is 6.17. The summed E-state index contributed by atoms with van der Waals surface area (Å²) in [5.41, 5.74) is -0.432. The Kier molecular flexibility index (Phi) is 4.21. The van der Waals surface area contributed by atoms with E-state index in [0.29, 0.717) is 24.4 Å². The second-order valence-electron chi connectivity index (χ2n) is 5.70. The number of likely N-dealkylation sites (tertiary alicyclic amines) is 1. The molecule has 5 nitrogen and oxygen atoms in total. The number of alkyl halides is 3. The van der Waals surface area contributed by atoms with Gasteiger partial charge in [0.05, 0.1) is 23.0 Å². The second-order valence-corrected chi connectivity index (χ2v) is 5.70. The van der Waals surface area contributed by atoms with Gasteiger partial charge in [0, 0.05) is 12.6 Å². The van der Waals surface area contributed by atoms with Crippen molar-refractivity contribution >= 4 is 11.7 Å². The highest BCUT2D eigenvalue weighted by atomic mass is 19.4. The Morgan fingerprint density at radius 2 is 2.12 bits per heavy atom. The first-order valence-corrected chi connectivity index (χ1v) is 7.53. The molecule has 1 aliphatic rings. The topological polar surface area (TPSA) is 58.4 Å². The molecular formula is C16H16F3N3O2. The molecule has 1 aromatic carbocycles. The maximum atomic E-state index is 13.0. The number of nitrogens with zero attached hydrogens (tertiary/aromatic N) is 2. The van der Waals surface area contributed by atoms with E-state index in [1.54, 1.807) is 13.0 Å². The number of para-hydroxylation sites is 1. The number of nitrogens with one attached hydrogen (secondary N) is 1. The van der Waals surface area contributed by atoms with Crippen LogP contribution in [0.3, 0.4) is 0 Å². The summed E-state index contributed by atoms with van der Waals surface area (Å²) in [6, 6.07) is 5.76. The summed E-state index contributed by atoms with van der Waals surface area (Å²) >= 11 is 0. The van der Waals surface area contributed by atoms with Gasteiger partial charge < -0.3 is 14.7 Å². The van der Waals surface area contributed by atoms with Gasteiger partial charge in [0.25, 0.3) is 0 Å². The van der Waals surface area contributed by atoms with Crippen LogP contribution in [0.5, 0.6) is 0 Å². The van der Waals surface area contributed by atoms with Gasteiger partial charge in [-0.3, -0.25) is 0 Å². The van der Waals surface area contributed by atoms with E-state index >= 15 is 0 Å². The molecule has 2 amide bonds. The number of carbonyl (C=O) groups is 1. The minimum absolute atomic E-state index is 0.255. The molecular weight excluding hydrogens is 323 g/mol. The lowest BCUT2D eigenvalue weighted by Gasteiger charge is -2.24. The predicted octanol–water partition coefficient (Wildman–Crippen LogP) is 4.37. The SMILES string of the molecule is Cc1cc([C@@H]2CCCN2C(=O)Nc2ccccc2C(F)(F)F)on1. The minimum atomic E-state index is -4.53. The molecule has 1 aromatic heterocycles. The maximum absolute atomic E-state index is 13.0. The number of carbonyl (C=O) groups excluding carboxylic acids is 1. The smallest absolute Gasteiger partial charge is 0.359 e. The Hall–Kier alpha value is -2.51. The fraction of sp³-hybridized carbons (Fsp3) is 0.375. The molecule has 1 fully saturated rings. The first kappa shape index (κ1) is 16.4.